The predicted molar refractivity (Wildman–Crippen MR) is 65.9 cm³/mol. The van der Waals surface area contributed by atoms with Gasteiger partial charge in [0.2, 0.25) is 0 Å². The van der Waals surface area contributed by atoms with Crippen molar-refractivity contribution in [1.29, 1.82) is 0 Å². The van der Waals surface area contributed by atoms with Crippen LogP contribution in [0.5, 0.6) is 0 Å². The second kappa shape index (κ2) is 7.38. The zero-order valence-electron chi connectivity index (χ0n) is 11.3. The number of aliphatic hydroxyl groups is 1. The van der Waals surface area contributed by atoms with Gasteiger partial charge in [0.25, 0.3) is 5.09 Å². The van der Waals surface area contributed by atoms with E-state index in [1.807, 2.05) is 0 Å². The first kappa shape index (κ1) is 15.7. The number of hydrogen-bond donors (Lipinski definition) is 2. The molecule has 0 aromatic carbocycles. The summed E-state index contributed by atoms with van der Waals surface area (Å²) in [7, 11) is 0. The fourth-order valence-corrected chi connectivity index (χ4v) is 2.28. The summed E-state index contributed by atoms with van der Waals surface area (Å²) in [5.74, 6) is 0. The van der Waals surface area contributed by atoms with Crippen LogP contribution in [0.1, 0.15) is 12.8 Å². The molecule has 2 saturated heterocycles. The van der Waals surface area contributed by atoms with E-state index in [4.69, 9.17) is 14.2 Å². The number of nitrogens with zero attached hydrogens (tertiary/aromatic N) is 1. The molecule has 0 aliphatic carbocycles. The van der Waals surface area contributed by atoms with Crippen LogP contribution in [0.3, 0.4) is 0 Å². The van der Waals surface area contributed by atoms with Crippen LogP contribution in [-0.2, 0) is 19.0 Å². The molecule has 4 atom stereocenters. The van der Waals surface area contributed by atoms with Crippen molar-refractivity contribution < 1.29 is 34.0 Å². The topological polar surface area (TPSA) is 129 Å². The normalized spacial score (nSPS) is 30.7. The van der Waals surface area contributed by atoms with E-state index in [1.165, 1.54) is 0 Å². The molecule has 2 N–H and O–H groups in total. The number of unbranched alkanes of at least 4 members (excludes halogenated alkanes) is 1. The van der Waals surface area contributed by atoms with Crippen LogP contribution in [0.15, 0.2) is 0 Å². The number of fused-ring (bicyclic) bond motifs is 1. The van der Waals surface area contributed by atoms with E-state index < -0.39 is 35.6 Å². The predicted octanol–water partition coefficient (Wildman–Crippen LogP) is -0.772. The third kappa shape index (κ3) is 4.41. The van der Waals surface area contributed by atoms with E-state index in [0.29, 0.717) is 19.4 Å². The van der Waals surface area contributed by atoms with Gasteiger partial charge >= 0.3 is 6.09 Å². The van der Waals surface area contributed by atoms with Crippen LogP contribution in [0.2, 0.25) is 0 Å². The van der Waals surface area contributed by atoms with Gasteiger partial charge in [-0.1, -0.05) is 0 Å². The molecule has 0 aromatic rings. The molecule has 0 spiro atoms. The lowest BCUT2D eigenvalue weighted by Gasteiger charge is -2.16. The average molecular weight is 306 g/mol. The Hall–Kier alpha value is -1.65. The minimum absolute atomic E-state index is 0.00429. The molecule has 0 saturated carbocycles. The number of alkyl carbamates (subject to hydrolysis) is 1. The zero-order chi connectivity index (χ0) is 15.2. The lowest BCUT2D eigenvalue weighted by atomic mass is 10.1. The molecule has 2 aliphatic rings. The van der Waals surface area contributed by atoms with Gasteiger partial charge in [-0.15, -0.1) is 10.1 Å². The highest BCUT2D eigenvalue weighted by Crippen LogP contribution is 2.28. The second-order valence-electron chi connectivity index (χ2n) is 4.80. The van der Waals surface area contributed by atoms with Crippen LogP contribution in [0.4, 0.5) is 4.79 Å². The number of hydrogen-bond acceptors (Lipinski definition) is 8. The minimum atomic E-state index is -0.853. The molecule has 2 aliphatic heterocycles. The third-order valence-corrected chi connectivity index (χ3v) is 3.28. The van der Waals surface area contributed by atoms with Crippen molar-refractivity contribution in [3.05, 3.63) is 10.1 Å². The molecule has 0 unspecified atom stereocenters. The Morgan fingerprint density at radius 1 is 1.33 bits per heavy atom. The number of ether oxygens (including phenoxy) is 3. The molecule has 10 nitrogen and oxygen atoms in total. The number of aliphatic hydroxyl groups excluding tert-OH is 1. The molecule has 10 heteroatoms. The Morgan fingerprint density at radius 3 is 2.86 bits per heavy atom. The number of rotatable bonds is 7. The van der Waals surface area contributed by atoms with Crippen molar-refractivity contribution in [3.63, 3.8) is 0 Å². The van der Waals surface area contributed by atoms with Crippen LogP contribution >= 0.6 is 0 Å². The summed E-state index contributed by atoms with van der Waals surface area (Å²) in [6.45, 7) is 0.685. The first-order valence-corrected chi connectivity index (χ1v) is 6.71. The molecule has 2 fully saturated rings. The number of carbonyl (C=O) groups is 1. The average Bonchev–Trinajstić information content (AvgIpc) is 2.98. The summed E-state index contributed by atoms with van der Waals surface area (Å²) in [4.78, 5) is 25.6. The number of carbonyl (C=O) groups excluding carboxylic acids is 1. The Bertz CT molecular complexity index is 379. The molecule has 2 heterocycles. The summed E-state index contributed by atoms with van der Waals surface area (Å²) >= 11 is 0. The fourth-order valence-electron chi connectivity index (χ4n) is 2.28. The summed E-state index contributed by atoms with van der Waals surface area (Å²) in [5, 5.41) is 21.1. The zero-order valence-corrected chi connectivity index (χ0v) is 11.3. The van der Waals surface area contributed by atoms with Gasteiger partial charge in [-0.05, 0) is 12.8 Å². The molecule has 21 heavy (non-hydrogen) atoms. The maximum atomic E-state index is 11.6. The summed E-state index contributed by atoms with van der Waals surface area (Å²) in [6, 6.07) is 0. The molecular formula is C11H18N2O8. The van der Waals surface area contributed by atoms with Gasteiger partial charge in [0, 0.05) is 6.54 Å². The smallest absolute Gasteiger partial charge is 0.407 e. The Balaban J connectivity index is 1.57. The second-order valence-corrected chi connectivity index (χ2v) is 4.80. The molecule has 0 radical (unpaired) electrons. The number of amides is 1. The molecular weight excluding hydrogens is 288 g/mol. The Kier molecular flexibility index (Phi) is 5.53. The van der Waals surface area contributed by atoms with Crippen molar-refractivity contribution >= 4 is 6.09 Å². The van der Waals surface area contributed by atoms with E-state index >= 15 is 0 Å². The van der Waals surface area contributed by atoms with Crippen molar-refractivity contribution in [2.75, 3.05) is 26.4 Å². The van der Waals surface area contributed by atoms with Crippen LogP contribution in [0, 0.1) is 10.1 Å². The standard InChI is InChI=1S/C11H18N2O8/c14-7-5-18-10-8(6-19-9(7)10)21-11(15)12-3-1-2-4-20-13(16)17/h7-10,14H,1-6H2,(H,12,15)/t7-,8-,9-,10-/m1/s1. The van der Waals surface area contributed by atoms with Crippen molar-refractivity contribution in [2.24, 2.45) is 0 Å². The maximum absolute atomic E-state index is 11.6. The van der Waals surface area contributed by atoms with Crippen molar-refractivity contribution in [2.45, 2.75) is 37.3 Å². The van der Waals surface area contributed by atoms with Gasteiger partial charge in [-0.25, -0.2) is 4.79 Å². The van der Waals surface area contributed by atoms with Gasteiger partial charge in [0.1, 0.15) is 18.3 Å². The largest absolute Gasteiger partial charge is 0.441 e. The summed E-state index contributed by atoms with van der Waals surface area (Å²) in [5.41, 5.74) is 0. The Morgan fingerprint density at radius 2 is 2.10 bits per heavy atom. The van der Waals surface area contributed by atoms with E-state index in [1.54, 1.807) is 0 Å². The van der Waals surface area contributed by atoms with E-state index in [0.717, 1.165) is 0 Å². The molecule has 2 rings (SSSR count). The highest BCUT2D eigenvalue weighted by Gasteiger charge is 2.48. The summed E-state index contributed by atoms with van der Waals surface area (Å²) < 4.78 is 15.8. The van der Waals surface area contributed by atoms with Gasteiger partial charge in [-0.2, -0.15) is 0 Å². The monoisotopic (exact) mass is 306 g/mol. The minimum Gasteiger partial charge on any atom is -0.441 e. The summed E-state index contributed by atoms with van der Waals surface area (Å²) in [6.07, 6.45) is -1.72. The van der Waals surface area contributed by atoms with Gasteiger partial charge in [0.15, 0.2) is 6.10 Å². The third-order valence-electron chi connectivity index (χ3n) is 3.28. The van der Waals surface area contributed by atoms with Gasteiger partial charge < -0.3 is 29.5 Å². The van der Waals surface area contributed by atoms with Crippen LogP contribution in [0.25, 0.3) is 0 Å². The first-order chi connectivity index (χ1) is 10.1. The SMILES string of the molecule is O=C(NCCCCO[N+](=O)[O-])O[C@@H]1CO[C@H]2[C@@H]1OC[C@H]2O. The molecule has 0 aromatic heterocycles. The molecule has 1 amide bonds. The lowest BCUT2D eigenvalue weighted by Crippen LogP contribution is -2.37. The lowest BCUT2D eigenvalue weighted by molar-refractivity contribution is -0.757. The molecule has 0 bridgehead atoms. The number of nitrogens with one attached hydrogen (secondary N) is 1. The van der Waals surface area contributed by atoms with Crippen LogP contribution < -0.4 is 5.32 Å². The first-order valence-electron chi connectivity index (χ1n) is 6.71. The van der Waals surface area contributed by atoms with E-state index in [9.17, 15) is 20.0 Å². The van der Waals surface area contributed by atoms with Crippen molar-refractivity contribution in [3.8, 4) is 0 Å². The van der Waals surface area contributed by atoms with Crippen molar-refractivity contribution in [1.82, 2.24) is 5.32 Å². The van der Waals surface area contributed by atoms with E-state index in [-0.39, 0.29) is 19.8 Å². The Labute approximate surface area is 120 Å². The van der Waals surface area contributed by atoms with Gasteiger partial charge in [-0.3, -0.25) is 0 Å². The highest BCUT2D eigenvalue weighted by atomic mass is 16.9. The highest BCUT2D eigenvalue weighted by molar-refractivity contribution is 5.67. The quantitative estimate of drug-likeness (QED) is 0.356. The van der Waals surface area contributed by atoms with Gasteiger partial charge in [0.05, 0.1) is 19.8 Å². The van der Waals surface area contributed by atoms with Crippen LogP contribution in [-0.4, -0.2) is 67.1 Å². The van der Waals surface area contributed by atoms with E-state index in [2.05, 4.69) is 10.2 Å². The molecule has 120 valence electrons. The fraction of sp³-hybridized carbons (Fsp3) is 0.909. The maximum Gasteiger partial charge on any atom is 0.407 e.